The summed E-state index contributed by atoms with van der Waals surface area (Å²) in [4.78, 5) is 3.20. The number of nitrogens with zero attached hydrogens (tertiary/aromatic N) is 1. The van der Waals surface area contributed by atoms with E-state index in [0.717, 1.165) is 29.7 Å². The van der Waals surface area contributed by atoms with Crippen molar-refractivity contribution in [3.63, 3.8) is 0 Å². The Morgan fingerprint density at radius 1 is 1.24 bits per heavy atom. The van der Waals surface area contributed by atoms with Gasteiger partial charge in [0.15, 0.2) is 4.77 Å². The summed E-state index contributed by atoms with van der Waals surface area (Å²) in [5.41, 5.74) is 3.14. The molecule has 3 aromatic rings. The van der Waals surface area contributed by atoms with Gasteiger partial charge < -0.3 is 14.3 Å². The van der Waals surface area contributed by atoms with Crippen LogP contribution in [-0.2, 0) is 13.0 Å². The van der Waals surface area contributed by atoms with Gasteiger partial charge in [0.05, 0.1) is 23.2 Å². The second-order valence-corrected chi connectivity index (χ2v) is 5.61. The lowest BCUT2D eigenvalue weighted by Gasteiger charge is -2.07. The Labute approximate surface area is 133 Å². The standard InChI is InChI=1S/C16H15ClN2OS/c1-20-12-5-2-4-11(10-12)8-9-19-15-13(17)6-3-7-14(15)18-16(19)21/h2-7,10H,8-9H2,1H3,(H,18,21). The zero-order valence-electron chi connectivity index (χ0n) is 11.6. The van der Waals surface area contributed by atoms with Crippen molar-refractivity contribution in [3.05, 3.63) is 57.8 Å². The van der Waals surface area contributed by atoms with E-state index in [1.165, 1.54) is 5.56 Å². The zero-order valence-corrected chi connectivity index (χ0v) is 13.2. The minimum atomic E-state index is 0.695. The number of H-pyrrole nitrogens is 1. The summed E-state index contributed by atoms with van der Waals surface area (Å²) in [7, 11) is 1.68. The van der Waals surface area contributed by atoms with Crippen molar-refractivity contribution in [1.82, 2.24) is 9.55 Å². The normalized spacial score (nSPS) is 11.0. The summed E-state index contributed by atoms with van der Waals surface area (Å²) < 4.78 is 7.99. The average molecular weight is 319 g/mol. The van der Waals surface area contributed by atoms with Crippen molar-refractivity contribution in [3.8, 4) is 5.75 Å². The molecule has 0 aliphatic heterocycles. The first-order valence-electron chi connectivity index (χ1n) is 6.69. The number of benzene rings is 2. The van der Waals surface area contributed by atoms with Crippen LogP contribution in [0.25, 0.3) is 11.0 Å². The number of para-hydroxylation sites is 1. The molecule has 0 saturated heterocycles. The van der Waals surface area contributed by atoms with Crippen molar-refractivity contribution in [2.24, 2.45) is 0 Å². The number of ether oxygens (including phenoxy) is 1. The molecule has 0 atom stereocenters. The SMILES string of the molecule is COc1cccc(CCn2c(=S)[nH]c3cccc(Cl)c32)c1. The second kappa shape index (κ2) is 5.92. The predicted molar refractivity (Wildman–Crippen MR) is 88.8 cm³/mol. The Bertz CT molecular complexity index is 838. The quantitative estimate of drug-likeness (QED) is 0.712. The third-order valence-corrected chi connectivity index (χ3v) is 4.13. The van der Waals surface area contributed by atoms with E-state index in [-0.39, 0.29) is 0 Å². The molecule has 1 heterocycles. The van der Waals surface area contributed by atoms with E-state index in [1.807, 2.05) is 41.0 Å². The fraction of sp³-hybridized carbons (Fsp3) is 0.188. The zero-order chi connectivity index (χ0) is 14.8. The first-order chi connectivity index (χ1) is 10.2. The molecule has 0 saturated carbocycles. The van der Waals surface area contributed by atoms with Gasteiger partial charge in [0, 0.05) is 6.54 Å². The topological polar surface area (TPSA) is 29.9 Å². The predicted octanol–water partition coefficient (Wildman–Crippen LogP) is 4.60. The van der Waals surface area contributed by atoms with Gasteiger partial charge in [-0.15, -0.1) is 0 Å². The molecule has 108 valence electrons. The number of aromatic nitrogens is 2. The van der Waals surface area contributed by atoms with Gasteiger partial charge in [0.1, 0.15) is 5.75 Å². The Balaban J connectivity index is 1.91. The maximum Gasteiger partial charge on any atom is 0.178 e. The number of halogens is 1. The molecule has 1 aromatic heterocycles. The van der Waals surface area contributed by atoms with Crippen molar-refractivity contribution < 1.29 is 4.74 Å². The van der Waals surface area contributed by atoms with Crippen LogP contribution in [0.2, 0.25) is 5.02 Å². The van der Waals surface area contributed by atoms with Crippen LogP contribution in [0.4, 0.5) is 0 Å². The summed E-state index contributed by atoms with van der Waals surface area (Å²) >= 11 is 11.7. The highest BCUT2D eigenvalue weighted by Gasteiger charge is 2.08. The maximum atomic E-state index is 6.30. The van der Waals surface area contributed by atoms with Gasteiger partial charge in [-0.05, 0) is 48.5 Å². The monoisotopic (exact) mass is 318 g/mol. The third kappa shape index (κ3) is 2.82. The molecule has 0 amide bonds. The molecule has 0 aliphatic carbocycles. The van der Waals surface area contributed by atoms with Gasteiger partial charge in [-0.3, -0.25) is 0 Å². The minimum absolute atomic E-state index is 0.695. The van der Waals surface area contributed by atoms with Gasteiger partial charge >= 0.3 is 0 Å². The molecule has 0 unspecified atom stereocenters. The van der Waals surface area contributed by atoms with Crippen LogP contribution < -0.4 is 4.74 Å². The molecule has 3 rings (SSSR count). The Morgan fingerprint density at radius 3 is 2.86 bits per heavy atom. The van der Waals surface area contributed by atoms with Crippen molar-refractivity contribution >= 4 is 34.9 Å². The van der Waals surface area contributed by atoms with Crippen LogP contribution in [0.3, 0.4) is 0 Å². The molecule has 21 heavy (non-hydrogen) atoms. The number of nitrogens with one attached hydrogen (secondary N) is 1. The third-order valence-electron chi connectivity index (χ3n) is 3.50. The molecule has 0 fully saturated rings. The number of hydrogen-bond acceptors (Lipinski definition) is 2. The lowest BCUT2D eigenvalue weighted by atomic mass is 10.1. The number of hydrogen-bond donors (Lipinski definition) is 1. The number of rotatable bonds is 4. The first-order valence-corrected chi connectivity index (χ1v) is 7.47. The van der Waals surface area contributed by atoms with Crippen LogP contribution in [0.15, 0.2) is 42.5 Å². The highest BCUT2D eigenvalue weighted by Crippen LogP contribution is 2.24. The van der Waals surface area contributed by atoms with Crippen molar-refractivity contribution in [2.75, 3.05) is 7.11 Å². The largest absolute Gasteiger partial charge is 0.497 e. The van der Waals surface area contributed by atoms with Crippen molar-refractivity contribution in [1.29, 1.82) is 0 Å². The molecular formula is C16H15ClN2OS. The molecule has 1 N–H and O–H groups in total. The van der Waals surface area contributed by atoms with Gasteiger partial charge in [-0.25, -0.2) is 0 Å². The Morgan fingerprint density at radius 2 is 2.05 bits per heavy atom. The molecule has 5 heteroatoms. The van der Waals surface area contributed by atoms with Gasteiger partial charge in [0.25, 0.3) is 0 Å². The summed E-state index contributed by atoms with van der Waals surface area (Å²) in [6, 6.07) is 13.9. The molecule has 2 aromatic carbocycles. The number of aromatic amines is 1. The van der Waals surface area contributed by atoms with Crippen LogP contribution in [0.1, 0.15) is 5.56 Å². The van der Waals surface area contributed by atoms with Crippen LogP contribution in [0.5, 0.6) is 5.75 Å². The van der Waals surface area contributed by atoms with Crippen molar-refractivity contribution in [2.45, 2.75) is 13.0 Å². The lowest BCUT2D eigenvalue weighted by Crippen LogP contribution is -2.02. The summed E-state index contributed by atoms with van der Waals surface area (Å²) in [5.74, 6) is 0.869. The number of fused-ring (bicyclic) bond motifs is 1. The molecule has 0 spiro atoms. The van der Waals surface area contributed by atoms with Crippen LogP contribution in [0, 0.1) is 4.77 Å². The smallest absolute Gasteiger partial charge is 0.178 e. The fourth-order valence-corrected chi connectivity index (χ4v) is 3.03. The maximum absolute atomic E-state index is 6.30. The highest BCUT2D eigenvalue weighted by molar-refractivity contribution is 7.71. The Kier molecular flexibility index (Phi) is 3.99. The summed E-state index contributed by atoms with van der Waals surface area (Å²) in [6.07, 6.45) is 0.865. The fourth-order valence-electron chi connectivity index (χ4n) is 2.46. The highest BCUT2D eigenvalue weighted by atomic mass is 35.5. The van der Waals surface area contributed by atoms with E-state index in [9.17, 15) is 0 Å². The molecule has 0 aliphatic rings. The average Bonchev–Trinajstić information content (AvgIpc) is 2.82. The van der Waals surface area contributed by atoms with Crippen LogP contribution >= 0.6 is 23.8 Å². The summed E-state index contributed by atoms with van der Waals surface area (Å²) in [5, 5.41) is 0.713. The molecular weight excluding hydrogens is 304 g/mol. The van der Waals surface area contributed by atoms with E-state index in [2.05, 4.69) is 11.1 Å². The van der Waals surface area contributed by atoms with E-state index in [4.69, 9.17) is 28.6 Å². The number of methoxy groups -OCH3 is 1. The van der Waals surface area contributed by atoms with E-state index < -0.39 is 0 Å². The van der Waals surface area contributed by atoms with Gasteiger partial charge in [-0.2, -0.15) is 0 Å². The molecule has 3 nitrogen and oxygen atoms in total. The second-order valence-electron chi connectivity index (χ2n) is 4.82. The lowest BCUT2D eigenvalue weighted by molar-refractivity contribution is 0.414. The molecule has 0 bridgehead atoms. The van der Waals surface area contributed by atoms with Gasteiger partial charge in [-0.1, -0.05) is 29.8 Å². The van der Waals surface area contributed by atoms with E-state index in [1.54, 1.807) is 7.11 Å². The Hall–Kier alpha value is -1.78. The molecule has 0 radical (unpaired) electrons. The minimum Gasteiger partial charge on any atom is -0.497 e. The van der Waals surface area contributed by atoms with E-state index >= 15 is 0 Å². The number of aryl methyl sites for hydroxylation is 2. The van der Waals surface area contributed by atoms with Gasteiger partial charge in [0.2, 0.25) is 0 Å². The summed E-state index contributed by atoms with van der Waals surface area (Å²) in [6.45, 7) is 0.774. The number of imidazole rings is 1. The van der Waals surface area contributed by atoms with E-state index in [0.29, 0.717) is 9.79 Å². The first kappa shape index (κ1) is 14.2. The van der Waals surface area contributed by atoms with Crippen LogP contribution in [-0.4, -0.2) is 16.7 Å².